The van der Waals surface area contributed by atoms with E-state index in [0.717, 1.165) is 36.9 Å². The molecule has 3 nitrogen and oxygen atoms in total. The maximum absolute atomic E-state index is 5.94. The van der Waals surface area contributed by atoms with Gasteiger partial charge in [-0.25, -0.2) is 0 Å². The van der Waals surface area contributed by atoms with Crippen molar-refractivity contribution in [3.8, 4) is 0 Å². The Morgan fingerprint density at radius 1 is 1.33 bits per heavy atom. The predicted octanol–water partition coefficient (Wildman–Crippen LogP) is 2.86. The van der Waals surface area contributed by atoms with E-state index < -0.39 is 0 Å². The standard InChI is InChI=1S/C14H21ClN2O/c1-11-9-17(10-12(2)18-11)7-6-16-14-5-3-4-13(15)8-14/h3-5,8,11-12,16H,6-7,9-10H2,1-2H3. The van der Waals surface area contributed by atoms with Gasteiger partial charge < -0.3 is 10.1 Å². The molecule has 1 aliphatic heterocycles. The zero-order valence-electron chi connectivity index (χ0n) is 11.0. The summed E-state index contributed by atoms with van der Waals surface area (Å²) in [6.45, 7) is 8.26. The fourth-order valence-corrected chi connectivity index (χ4v) is 2.61. The van der Waals surface area contributed by atoms with Crippen LogP contribution in [0.5, 0.6) is 0 Å². The van der Waals surface area contributed by atoms with Gasteiger partial charge in [-0.1, -0.05) is 17.7 Å². The van der Waals surface area contributed by atoms with Crippen LogP contribution in [0.1, 0.15) is 13.8 Å². The van der Waals surface area contributed by atoms with Crippen LogP contribution in [0.15, 0.2) is 24.3 Å². The lowest BCUT2D eigenvalue weighted by Crippen LogP contribution is -2.46. The summed E-state index contributed by atoms with van der Waals surface area (Å²) in [4.78, 5) is 2.44. The summed E-state index contributed by atoms with van der Waals surface area (Å²) in [5.41, 5.74) is 1.08. The van der Waals surface area contributed by atoms with E-state index in [2.05, 4.69) is 24.1 Å². The summed E-state index contributed by atoms with van der Waals surface area (Å²) in [5.74, 6) is 0. The van der Waals surface area contributed by atoms with Gasteiger partial charge in [0.25, 0.3) is 0 Å². The summed E-state index contributed by atoms with van der Waals surface area (Å²) in [6.07, 6.45) is 0.667. The second-order valence-corrected chi connectivity index (χ2v) is 5.39. The van der Waals surface area contributed by atoms with E-state index in [1.807, 2.05) is 24.3 Å². The molecule has 1 aliphatic rings. The molecule has 0 bridgehead atoms. The molecule has 0 radical (unpaired) electrons. The second kappa shape index (κ2) is 6.41. The smallest absolute Gasteiger partial charge is 0.0678 e. The molecule has 0 spiro atoms. The highest BCUT2D eigenvalue weighted by molar-refractivity contribution is 6.30. The highest BCUT2D eigenvalue weighted by Crippen LogP contribution is 2.15. The van der Waals surface area contributed by atoms with Crippen LogP contribution < -0.4 is 5.32 Å². The summed E-state index contributed by atoms with van der Waals surface area (Å²) < 4.78 is 5.72. The average molecular weight is 269 g/mol. The van der Waals surface area contributed by atoms with E-state index in [-0.39, 0.29) is 0 Å². The lowest BCUT2D eigenvalue weighted by atomic mass is 10.2. The van der Waals surface area contributed by atoms with Gasteiger partial charge in [0.2, 0.25) is 0 Å². The summed E-state index contributed by atoms with van der Waals surface area (Å²) >= 11 is 5.94. The molecule has 0 amide bonds. The Balaban J connectivity index is 1.75. The van der Waals surface area contributed by atoms with Gasteiger partial charge in [-0.15, -0.1) is 0 Å². The van der Waals surface area contributed by atoms with Crippen molar-refractivity contribution in [3.63, 3.8) is 0 Å². The Labute approximate surface area is 114 Å². The largest absolute Gasteiger partial charge is 0.384 e. The maximum atomic E-state index is 5.94. The first-order valence-electron chi connectivity index (χ1n) is 6.51. The van der Waals surface area contributed by atoms with Crippen molar-refractivity contribution in [1.29, 1.82) is 0 Å². The number of ether oxygens (including phenoxy) is 1. The zero-order chi connectivity index (χ0) is 13.0. The first-order chi connectivity index (χ1) is 8.63. The van der Waals surface area contributed by atoms with Crippen LogP contribution in [0.3, 0.4) is 0 Å². The topological polar surface area (TPSA) is 24.5 Å². The number of halogens is 1. The van der Waals surface area contributed by atoms with E-state index in [1.54, 1.807) is 0 Å². The zero-order valence-corrected chi connectivity index (χ0v) is 11.8. The molecular weight excluding hydrogens is 248 g/mol. The number of morpholine rings is 1. The fraction of sp³-hybridized carbons (Fsp3) is 0.571. The van der Waals surface area contributed by atoms with Crippen LogP contribution in [-0.2, 0) is 4.74 Å². The van der Waals surface area contributed by atoms with Gasteiger partial charge in [0, 0.05) is 36.9 Å². The lowest BCUT2D eigenvalue weighted by molar-refractivity contribution is -0.0667. The Kier molecular flexibility index (Phi) is 4.87. The Hall–Kier alpha value is -0.770. The molecule has 1 aromatic rings. The molecule has 0 saturated carbocycles. The molecule has 2 unspecified atom stereocenters. The second-order valence-electron chi connectivity index (χ2n) is 4.95. The number of nitrogens with zero attached hydrogens (tertiary/aromatic N) is 1. The van der Waals surface area contributed by atoms with E-state index >= 15 is 0 Å². The van der Waals surface area contributed by atoms with Crippen molar-refractivity contribution in [2.45, 2.75) is 26.1 Å². The highest BCUT2D eigenvalue weighted by Gasteiger charge is 2.21. The van der Waals surface area contributed by atoms with Crippen molar-refractivity contribution in [3.05, 3.63) is 29.3 Å². The van der Waals surface area contributed by atoms with Crippen molar-refractivity contribution in [2.24, 2.45) is 0 Å². The number of hydrogen-bond acceptors (Lipinski definition) is 3. The third-order valence-corrected chi connectivity index (χ3v) is 3.31. The normalized spacial score (nSPS) is 25.1. The van der Waals surface area contributed by atoms with Gasteiger partial charge in [-0.2, -0.15) is 0 Å². The van der Waals surface area contributed by atoms with Gasteiger partial charge in [0.1, 0.15) is 0 Å². The lowest BCUT2D eigenvalue weighted by Gasteiger charge is -2.35. The summed E-state index contributed by atoms with van der Waals surface area (Å²) in [6, 6.07) is 7.84. The molecule has 1 heterocycles. The minimum atomic E-state index is 0.333. The molecule has 0 aromatic heterocycles. The van der Waals surface area contributed by atoms with Crippen LogP contribution in [0.2, 0.25) is 5.02 Å². The van der Waals surface area contributed by atoms with Gasteiger partial charge in [0.15, 0.2) is 0 Å². The molecule has 1 fully saturated rings. The number of anilines is 1. The molecule has 1 saturated heterocycles. The van der Waals surface area contributed by atoms with Gasteiger partial charge in [-0.3, -0.25) is 4.90 Å². The number of rotatable bonds is 4. The number of benzene rings is 1. The van der Waals surface area contributed by atoms with Crippen molar-refractivity contribution in [1.82, 2.24) is 4.90 Å². The summed E-state index contributed by atoms with van der Waals surface area (Å²) in [5, 5.41) is 4.17. The third-order valence-electron chi connectivity index (χ3n) is 3.08. The Bertz CT molecular complexity index is 376. The molecule has 0 aliphatic carbocycles. The molecule has 1 aromatic carbocycles. The third kappa shape index (κ3) is 4.16. The van der Waals surface area contributed by atoms with Crippen LogP contribution in [0, 0.1) is 0 Å². The monoisotopic (exact) mass is 268 g/mol. The number of nitrogens with one attached hydrogen (secondary N) is 1. The fourth-order valence-electron chi connectivity index (χ4n) is 2.42. The van der Waals surface area contributed by atoms with E-state index in [4.69, 9.17) is 16.3 Å². The SMILES string of the molecule is CC1CN(CCNc2cccc(Cl)c2)CC(C)O1. The molecule has 100 valence electrons. The molecule has 2 rings (SSSR count). The summed E-state index contributed by atoms with van der Waals surface area (Å²) in [7, 11) is 0. The van der Waals surface area contributed by atoms with Crippen LogP contribution in [0.25, 0.3) is 0 Å². The van der Waals surface area contributed by atoms with Crippen LogP contribution in [-0.4, -0.2) is 43.3 Å². The van der Waals surface area contributed by atoms with Crippen LogP contribution in [0.4, 0.5) is 5.69 Å². The molecule has 2 atom stereocenters. The van der Waals surface area contributed by atoms with Crippen molar-refractivity contribution < 1.29 is 4.74 Å². The van der Waals surface area contributed by atoms with E-state index in [0.29, 0.717) is 12.2 Å². The molecule has 18 heavy (non-hydrogen) atoms. The van der Waals surface area contributed by atoms with Crippen molar-refractivity contribution in [2.75, 3.05) is 31.5 Å². The van der Waals surface area contributed by atoms with Gasteiger partial charge in [0.05, 0.1) is 12.2 Å². The molecule has 1 N–H and O–H groups in total. The quantitative estimate of drug-likeness (QED) is 0.909. The highest BCUT2D eigenvalue weighted by atomic mass is 35.5. The molecular formula is C14H21ClN2O. The first kappa shape index (κ1) is 13.7. The first-order valence-corrected chi connectivity index (χ1v) is 6.88. The maximum Gasteiger partial charge on any atom is 0.0678 e. The Morgan fingerprint density at radius 3 is 2.72 bits per heavy atom. The van der Waals surface area contributed by atoms with Crippen LogP contribution >= 0.6 is 11.6 Å². The van der Waals surface area contributed by atoms with E-state index in [9.17, 15) is 0 Å². The average Bonchev–Trinajstić information content (AvgIpc) is 2.27. The van der Waals surface area contributed by atoms with E-state index in [1.165, 1.54) is 0 Å². The molecule has 4 heteroatoms. The van der Waals surface area contributed by atoms with Gasteiger partial charge in [-0.05, 0) is 32.0 Å². The Morgan fingerprint density at radius 2 is 2.06 bits per heavy atom. The van der Waals surface area contributed by atoms with Crippen molar-refractivity contribution >= 4 is 17.3 Å². The predicted molar refractivity (Wildman–Crippen MR) is 76.4 cm³/mol. The van der Waals surface area contributed by atoms with Gasteiger partial charge >= 0.3 is 0 Å². The minimum Gasteiger partial charge on any atom is -0.384 e. The number of hydrogen-bond donors (Lipinski definition) is 1. The minimum absolute atomic E-state index is 0.333.